The first kappa shape index (κ1) is 33.7. The van der Waals surface area contributed by atoms with Crippen LogP contribution in [0.15, 0.2) is 66.7 Å². The fourth-order valence-electron chi connectivity index (χ4n) is 5.59. The van der Waals surface area contributed by atoms with Crippen LogP contribution in [0.1, 0.15) is 24.2 Å². The third-order valence-electron chi connectivity index (χ3n) is 8.00. The van der Waals surface area contributed by atoms with E-state index < -0.39 is 6.04 Å². The number of aryl methyl sites for hydroxylation is 1. The molecule has 11 heteroatoms. The number of carbonyl (C=O) groups is 3. The zero-order valence-corrected chi connectivity index (χ0v) is 25.7. The van der Waals surface area contributed by atoms with Gasteiger partial charge in [0.25, 0.3) is 0 Å². The van der Waals surface area contributed by atoms with Crippen LogP contribution in [0.3, 0.4) is 0 Å². The number of para-hydroxylation sites is 3. The maximum atomic E-state index is 13.0. The van der Waals surface area contributed by atoms with Crippen LogP contribution in [0.2, 0.25) is 0 Å². The highest BCUT2D eigenvalue weighted by Crippen LogP contribution is 2.30. The summed E-state index contributed by atoms with van der Waals surface area (Å²) in [6.45, 7) is 3.66. The first-order chi connectivity index (χ1) is 21.9. The second-order valence-electron chi connectivity index (χ2n) is 10.7. The van der Waals surface area contributed by atoms with Crippen molar-refractivity contribution in [3.05, 3.63) is 83.6 Å². The van der Waals surface area contributed by atoms with Crippen molar-refractivity contribution in [2.75, 3.05) is 47.2 Å². The maximum Gasteiger partial charge on any atom is 0.244 e. The second kappa shape index (κ2) is 15.7. The van der Waals surface area contributed by atoms with Gasteiger partial charge < -0.3 is 39.0 Å². The molecule has 244 valence electrons. The summed E-state index contributed by atoms with van der Waals surface area (Å²) in [5.41, 5.74) is 4.09. The van der Waals surface area contributed by atoms with Gasteiger partial charge in [0.15, 0.2) is 23.0 Å². The topological polar surface area (TPSA) is 122 Å². The van der Waals surface area contributed by atoms with Gasteiger partial charge in [-0.2, -0.15) is 0 Å². The molecule has 2 aliphatic rings. The number of methoxy groups -OCH3 is 2. The van der Waals surface area contributed by atoms with Crippen LogP contribution < -0.4 is 24.3 Å². The number of nitrogens with one attached hydrogen (secondary N) is 2. The van der Waals surface area contributed by atoms with Crippen LogP contribution in [0.25, 0.3) is 10.9 Å². The summed E-state index contributed by atoms with van der Waals surface area (Å²) in [6.07, 6.45) is 1.51. The van der Waals surface area contributed by atoms with E-state index in [-0.39, 0.29) is 32.2 Å². The summed E-state index contributed by atoms with van der Waals surface area (Å²) in [6, 6.07) is 20.3. The average Bonchev–Trinajstić information content (AvgIpc) is 3.68. The predicted molar refractivity (Wildman–Crippen MR) is 175 cm³/mol. The first-order valence-corrected chi connectivity index (χ1v) is 14.8. The Morgan fingerprint density at radius 2 is 1.67 bits per heavy atom. The lowest BCUT2D eigenvalue weighted by atomic mass is 10.1. The van der Waals surface area contributed by atoms with Crippen molar-refractivity contribution in [1.82, 2.24) is 20.1 Å². The average molecular weight is 631 g/mol. The number of aromatic amines is 1. The summed E-state index contributed by atoms with van der Waals surface area (Å²) < 4.78 is 20.7. The van der Waals surface area contributed by atoms with Gasteiger partial charge in [-0.25, -0.2) is 0 Å². The van der Waals surface area contributed by atoms with Crippen LogP contribution >= 0.6 is 0 Å². The van der Waals surface area contributed by atoms with Gasteiger partial charge in [0.1, 0.15) is 6.04 Å². The molecule has 2 N–H and O–H groups in total. The van der Waals surface area contributed by atoms with E-state index >= 15 is 0 Å². The molecule has 1 saturated heterocycles. The van der Waals surface area contributed by atoms with Gasteiger partial charge in [-0.15, -0.1) is 0 Å². The highest BCUT2D eigenvalue weighted by Gasteiger charge is 2.33. The van der Waals surface area contributed by atoms with Crippen molar-refractivity contribution in [3.63, 3.8) is 0 Å². The third-order valence-corrected chi connectivity index (χ3v) is 8.00. The Balaban J connectivity index is 0.000000409. The fourth-order valence-corrected chi connectivity index (χ4v) is 5.59. The number of carbonyl (C=O) groups excluding carboxylic acids is 3. The molecule has 0 spiro atoms. The van der Waals surface area contributed by atoms with Crippen molar-refractivity contribution in [2.45, 2.75) is 33.2 Å². The highest BCUT2D eigenvalue weighted by atomic mass is 16.7. The molecular formula is C35H42N4O7. The Hall–Kier alpha value is -5.19. The molecule has 1 atom stereocenters. The van der Waals surface area contributed by atoms with Crippen molar-refractivity contribution < 1.29 is 33.3 Å². The van der Waals surface area contributed by atoms with E-state index in [0.29, 0.717) is 50.8 Å². The Morgan fingerprint density at radius 1 is 0.978 bits per heavy atom. The number of rotatable bonds is 9. The number of hydrogen-bond donors (Lipinski definition) is 2. The second-order valence-corrected chi connectivity index (χ2v) is 10.7. The van der Waals surface area contributed by atoms with Crippen molar-refractivity contribution in [2.24, 2.45) is 0 Å². The standard InChI is InChI=1S/C27H32N4O5.C7H6O2.CH4/c1-18-20(21-6-4-5-7-22(21)29-18)10-11-28-27(34)23-16-30(12-13-31(23)17-32)26(33)15-19-8-9-24(35-2)25(14-19)36-3;1-2-4-7-6(3-1)8-5-9-7;/h4-9,14,17,23,29H,10-13,15-16H2,1-3H3,(H,28,34);1-4H,5H2;1H4. The molecule has 0 bridgehead atoms. The van der Waals surface area contributed by atoms with Crippen LogP contribution in [0.5, 0.6) is 23.0 Å². The molecule has 11 nitrogen and oxygen atoms in total. The highest BCUT2D eigenvalue weighted by molar-refractivity contribution is 5.87. The number of fused-ring (bicyclic) bond motifs is 2. The van der Waals surface area contributed by atoms with Gasteiger partial charge >= 0.3 is 0 Å². The predicted octanol–water partition coefficient (Wildman–Crippen LogP) is 4.12. The van der Waals surface area contributed by atoms with Crippen LogP contribution in [-0.2, 0) is 27.2 Å². The Labute approximate surface area is 269 Å². The van der Waals surface area contributed by atoms with Gasteiger partial charge in [0, 0.05) is 36.2 Å². The summed E-state index contributed by atoms with van der Waals surface area (Å²) in [4.78, 5) is 44.2. The maximum absolute atomic E-state index is 13.0. The molecule has 1 aromatic heterocycles. The van der Waals surface area contributed by atoms with E-state index in [1.54, 1.807) is 31.3 Å². The van der Waals surface area contributed by atoms with Gasteiger partial charge in [0.2, 0.25) is 25.0 Å². The molecule has 0 saturated carbocycles. The van der Waals surface area contributed by atoms with Crippen LogP contribution in [0, 0.1) is 6.92 Å². The Kier molecular flexibility index (Phi) is 11.5. The van der Waals surface area contributed by atoms with Gasteiger partial charge in [-0.3, -0.25) is 14.4 Å². The van der Waals surface area contributed by atoms with E-state index in [1.807, 2.05) is 55.5 Å². The summed E-state index contributed by atoms with van der Waals surface area (Å²) in [5, 5.41) is 4.10. The summed E-state index contributed by atoms with van der Waals surface area (Å²) in [5.74, 6) is 2.46. The molecular weight excluding hydrogens is 588 g/mol. The summed E-state index contributed by atoms with van der Waals surface area (Å²) >= 11 is 0. The zero-order chi connectivity index (χ0) is 31.8. The minimum atomic E-state index is -0.727. The molecule has 6 rings (SSSR count). The van der Waals surface area contributed by atoms with Crippen molar-refractivity contribution in [3.8, 4) is 23.0 Å². The zero-order valence-electron chi connectivity index (χ0n) is 25.7. The normalized spacial score (nSPS) is 14.9. The van der Waals surface area contributed by atoms with E-state index in [2.05, 4.69) is 16.4 Å². The smallest absolute Gasteiger partial charge is 0.244 e. The van der Waals surface area contributed by atoms with Crippen LogP contribution in [-0.4, -0.2) is 86.2 Å². The van der Waals surface area contributed by atoms with Gasteiger partial charge in [-0.05, 0) is 54.8 Å². The first-order valence-electron chi connectivity index (χ1n) is 14.8. The van der Waals surface area contributed by atoms with E-state index in [4.69, 9.17) is 18.9 Å². The lowest BCUT2D eigenvalue weighted by Gasteiger charge is -2.38. The number of nitrogens with zero attached hydrogens (tertiary/aromatic N) is 2. The molecule has 1 unspecified atom stereocenters. The number of ether oxygens (including phenoxy) is 4. The van der Waals surface area contributed by atoms with E-state index in [9.17, 15) is 14.4 Å². The molecule has 3 heterocycles. The van der Waals surface area contributed by atoms with Gasteiger partial charge in [-0.1, -0.05) is 43.8 Å². The number of aromatic nitrogens is 1. The largest absolute Gasteiger partial charge is 0.493 e. The van der Waals surface area contributed by atoms with E-state index in [1.165, 1.54) is 4.90 Å². The number of H-pyrrole nitrogens is 1. The molecule has 3 aromatic carbocycles. The molecule has 1 fully saturated rings. The lowest BCUT2D eigenvalue weighted by molar-refractivity contribution is -0.142. The molecule has 3 amide bonds. The molecule has 4 aromatic rings. The van der Waals surface area contributed by atoms with Crippen LogP contribution in [0.4, 0.5) is 0 Å². The molecule has 0 radical (unpaired) electrons. The van der Waals surface area contributed by atoms with E-state index in [0.717, 1.165) is 39.2 Å². The quantitative estimate of drug-likeness (QED) is 0.267. The molecule has 0 aliphatic carbocycles. The Morgan fingerprint density at radius 3 is 2.37 bits per heavy atom. The molecule has 46 heavy (non-hydrogen) atoms. The molecule has 2 aliphatic heterocycles. The SMILES string of the molecule is C.COc1ccc(CC(=O)N2CCN(C=O)C(C(=O)NCCc3c(C)[nH]c4ccccc34)C2)cc1OC.c1ccc2c(c1)OCO2. The number of piperazine rings is 1. The Bertz CT molecular complexity index is 1630. The lowest BCUT2D eigenvalue weighted by Crippen LogP contribution is -2.59. The summed E-state index contributed by atoms with van der Waals surface area (Å²) in [7, 11) is 3.10. The number of hydrogen-bond acceptors (Lipinski definition) is 7. The minimum absolute atomic E-state index is 0. The van der Waals surface area contributed by atoms with Crippen molar-refractivity contribution >= 4 is 29.1 Å². The van der Waals surface area contributed by atoms with Crippen molar-refractivity contribution in [1.29, 1.82) is 0 Å². The monoisotopic (exact) mass is 630 g/mol. The fraction of sp³-hybridized carbons (Fsp3) is 0.343. The number of amides is 3. The third kappa shape index (κ3) is 7.71. The van der Waals surface area contributed by atoms with Gasteiger partial charge in [0.05, 0.1) is 27.2 Å². The minimum Gasteiger partial charge on any atom is -0.493 e. The number of benzene rings is 3.